The Morgan fingerprint density at radius 2 is 1.54 bits per heavy atom. The molecular formula is C26H24N4O4S. The number of anilines is 1. The summed E-state index contributed by atoms with van der Waals surface area (Å²) in [6, 6.07) is 23.4. The largest absolute Gasteiger partial charge is 0.369 e. The molecule has 1 aliphatic rings. The van der Waals surface area contributed by atoms with Crippen LogP contribution in [0.4, 0.5) is 5.69 Å². The van der Waals surface area contributed by atoms with Crippen molar-refractivity contribution in [2.75, 3.05) is 31.1 Å². The number of benzene rings is 3. The van der Waals surface area contributed by atoms with E-state index >= 15 is 0 Å². The topological polar surface area (TPSA) is 96.6 Å². The van der Waals surface area contributed by atoms with Gasteiger partial charge in [-0.1, -0.05) is 41.6 Å². The summed E-state index contributed by atoms with van der Waals surface area (Å²) in [5.74, 6) is 0.729. The maximum atomic E-state index is 13.4. The van der Waals surface area contributed by atoms with E-state index in [4.69, 9.17) is 4.52 Å². The van der Waals surface area contributed by atoms with Crippen LogP contribution >= 0.6 is 0 Å². The van der Waals surface area contributed by atoms with Crippen molar-refractivity contribution >= 4 is 21.5 Å². The summed E-state index contributed by atoms with van der Waals surface area (Å²) in [7, 11) is -3.69. The van der Waals surface area contributed by atoms with Gasteiger partial charge in [-0.2, -0.15) is 9.29 Å². The molecule has 178 valence electrons. The Bertz CT molecular complexity index is 1440. The van der Waals surface area contributed by atoms with Crippen LogP contribution in [-0.4, -0.2) is 54.8 Å². The number of hydrogen-bond donors (Lipinski definition) is 0. The highest BCUT2D eigenvalue weighted by Gasteiger charge is 2.29. The van der Waals surface area contributed by atoms with Gasteiger partial charge in [0.2, 0.25) is 15.8 Å². The van der Waals surface area contributed by atoms with Crippen molar-refractivity contribution in [1.82, 2.24) is 14.4 Å². The second-order valence-electron chi connectivity index (χ2n) is 8.31. The minimum absolute atomic E-state index is 0.0199. The molecule has 5 rings (SSSR count). The van der Waals surface area contributed by atoms with Crippen molar-refractivity contribution in [3.8, 4) is 22.8 Å². The van der Waals surface area contributed by atoms with Crippen LogP contribution in [0.15, 0.2) is 88.3 Å². The fourth-order valence-corrected chi connectivity index (χ4v) is 5.55. The summed E-state index contributed by atoms with van der Waals surface area (Å²) in [6.45, 7) is 3.37. The zero-order valence-electron chi connectivity index (χ0n) is 19.2. The monoisotopic (exact) mass is 488 g/mol. The van der Waals surface area contributed by atoms with E-state index in [1.165, 1.54) is 11.2 Å². The first-order chi connectivity index (χ1) is 16.9. The van der Waals surface area contributed by atoms with Crippen LogP contribution in [0, 0.1) is 0 Å². The molecule has 3 aromatic carbocycles. The molecule has 0 atom stereocenters. The Kier molecular flexibility index (Phi) is 6.19. The molecule has 1 saturated heterocycles. The lowest BCUT2D eigenvalue weighted by atomic mass is 10.1. The highest BCUT2D eigenvalue weighted by Crippen LogP contribution is 2.27. The zero-order valence-corrected chi connectivity index (χ0v) is 20.0. The van der Waals surface area contributed by atoms with E-state index < -0.39 is 10.0 Å². The molecule has 4 aromatic rings. The van der Waals surface area contributed by atoms with Gasteiger partial charge in [-0.15, -0.1) is 0 Å². The van der Waals surface area contributed by atoms with Crippen LogP contribution in [-0.2, 0) is 10.0 Å². The Morgan fingerprint density at radius 3 is 2.23 bits per heavy atom. The molecule has 2 heterocycles. The van der Waals surface area contributed by atoms with Crippen LogP contribution in [0.1, 0.15) is 17.3 Å². The van der Waals surface area contributed by atoms with E-state index in [-0.39, 0.29) is 16.6 Å². The highest BCUT2D eigenvalue weighted by atomic mass is 32.2. The lowest BCUT2D eigenvalue weighted by Crippen LogP contribution is -2.48. The van der Waals surface area contributed by atoms with E-state index in [1.54, 1.807) is 36.4 Å². The molecule has 1 aromatic heterocycles. The minimum atomic E-state index is -3.69. The molecule has 0 unspecified atom stereocenters. The van der Waals surface area contributed by atoms with Gasteiger partial charge in [-0.25, -0.2) is 8.42 Å². The SMILES string of the molecule is CC(=O)c1ccc(N2CCN(S(=O)(=O)c3cccc(-c4nc(-c5ccccc5)no4)c3)CC2)cc1. The number of Topliss-reactive ketones (excluding diaryl/α,β-unsaturated/α-hetero) is 1. The predicted molar refractivity (Wildman–Crippen MR) is 133 cm³/mol. The van der Waals surface area contributed by atoms with Crippen LogP contribution in [0.5, 0.6) is 0 Å². The fraction of sp³-hybridized carbons (Fsp3) is 0.192. The smallest absolute Gasteiger partial charge is 0.258 e. The summed E-state index contributed by atoms with van der Waals surface area (Å²) in [6.07, 6.45) is 0. The van der Waals surface area contributed by atoms with E-state index in [0.29, 0.717) is 43.1 Å². The maximum Gasteiger partial charge on any atom is 0.258 e. The molecule has 0 bridgehead atoms. The molecule has 0 amide bonds. The van der Waals surface area contributed by atoms with E-state index in [1.807, 2.05) is 42.5 Å². The lowest BCUT2D eigenvalue weighted by Gasteiger charge is -2.35. The van der Waals surface area contributed by atoms with Crippen LogP contribution in [0.3, 0.4) is 0 Å². The second kappa shape index (κ2) is 9.44. The van der Waals surface area contributed by atoms with Crippen molar-refractivity contribution in [2.24, 2.45) is 0 Å². The summed E-state index contributed by atoms with van der Waals surface area (Å²) >= 11 is 0. The summed E-state index contributed by atoms with van der Waals surface area (Å²) in [4.78, 5) is 18.2. The Hall–Kier alpha value is -3.82. The lowest BCUT2D eigenvalue weighted by molar-refractivity contribution is 0.101. The van der Waals surface area contributed by atoms with Crippen molar-refractivity contribution < 1.29 is 17.7 Å². The van der Waals surface area contributed by atoms with Crippen molar-refractivity contribution in [1.29, 1.82) is 0 Å². The van der Waals surface area contributed by atoms with Gasteiger partial charge in [0, 0.05) is 48.6 Å². The molecule has 35 heavy (non-hydrogen) atoms. The fourth-order valence-electron chi connectivity index (χ4n) is 4.08. The van der Waals surface area contributed by atoms with Gasteiger partial charge in [0.05, 0.1) is 4.90 Å². The number of hydrogen-bond acceptors (Lipinski definition) is 7. The average molecular weight is 489 g/mol. The highest BCUT2D eigenvalue weighted by molar-refractivity contribution is 7.89. The molecule has 1 fully saturated rings. The first kappa shape index (κ1) is 22.9. The van der Waals surface area contributed by atoms with Crippen LogP contribution in [0.2, 0.25) is 0 Å². The van der Waals surface area contributed by atoms with Gasteiger partial charge in [-0.3, -0.25) is 4.79 Å². The van der Waals surface area contributed by atoms with Crippen molar-refractivity contribution in [3.05, 3.63) is 84.4 Å². The number of nitrogens with zero attached hydrogens (tertiary/aromatic N) is 4. The minimum Gasteiger partial charge on any atom is -0.369 e. The molecule has 0 aliphatic carbocycles. The normalized spacial score (nSPS) is 14.7. The van der Waals surface area contributed by atoms with Crippen LogP contribution in [0.25, 0.3) is 22.8 Å². The van der Waals surface area contributed by atoms with E-state index in [9.17, 15) is 13.2 Å². The molecule has 0 spiro atoms. The average Bonchev–Trinajstić information content (AvgIpc) is 3.40. The number of piperazine rings is 1. The molecule has 0 radical (unpaired) electrons. The van der Waals surface area contributed by atoms with Crippen molar-refractivity contribution in [2.45, 2.75) is 11.8 Å². The first-order valence-corrected chi connectivity index (χ1v) is 12.7. The number of ketones is 1. The van der Waals surface area contributed by atoms with Gasteiger partial charge in [0.1, 0.15) is 0 Å². The summed E-state index contributed by atoms with van der Waals surface area (Å²) < 4.78 is 33.6. The number of rotatable bonds is 6. The Balaban J connectivity index is 1.30. The van der Waals surface area contributed by atoms with Gasteiger partial charge >= 0.3 is 0 Å². The van der Waals surface area contributed by atoms with Crippen molar-refractivity contribution in [3.63, 3.8) is 0 Å². The van der Waals surface area contributed by atoms with Crippen LogP contribution < -0.4 is 4.90 Å². The predicted octanol–water partition coefficient (Wildman–Crippen LogP) is 4.12. The Labute approximate surface area is 203 Å². The number of carbonyl (C=O) groups excluding carboxylic acids is 1. The molecule has 1 aliphatic heterocycles. The third kappa shape index (κ3) is 4.73. The number of sulfonamides is 1. The van der Waals surface area contributed by atoms with Gasteiger partial charge in [0.25, 0.3) is 5.89 Å². The molecule has 9 heteroatoms. The molecule has 8 nitrogen and oxygen atoms in total. The third-order valence-corrected chi connectivity index (χ3v) is 7.95. The van der Waals surface area contributed by atoms with Gasteiger partial charge < -0.3 is 9.42 Å². The molecule has 0 saturated carbocycles. The standard InChI is InChI=1S/C26H24N4O4S/c1-19(31)20-10-12-23(13-11-20)29-14-16-30(17-15-29)35(32,33)24-9-5-8-22(18-24)26-27-25(28-34-26)21-6-3-2-4-7-21/h2-13,18H,14-17H2,1H3. The molecule has 0 N–H and O–H groups in total. The quantitative estimate of drug-likeness (QED) is 0.377. The molecular weight excluding hydrogens is 464 g/mol. The summed E-state index contributed by atoms with van der Waals surface area (Å²) in [5.41, 5.74) is 3.00. The van der Waals surface area contributed by atoms with E-state index in [2.05, 4.69) is 15.0 Å². The second-order valence-corrected chi connectivity index (χ2v) is 10.2. The first-order valence-electron chi connectivity index (χ1n) is 11.3. The van der Waals surface area contributed by atoms with E-state index in [0.717, 1.165) is 11.3 Å². The summed E-state index contributed by atoms with van der Waals surface area (Å²) in [5, 5.41) is 4.03. The zero-order chi connectivity index (χ0) is 24.4. The number of aromatic nitrogens is 2. The maximum absolute atomic E-state index is 13.4. The number of carbonyl (C=O) groups is 1. The Morgan fingerprint density at radius 1 is 0.857 bits per heavy atom. The van der Waals surface area contributed by atoms with Gasteiger partial charge in [0.15, 0.2) is 5.78 Å². The third-order valence-electron chi connectivity index (χ3n) is 6.05. The van der Waals surface area contributed by atoms with Gasteiger partial charge in [-0.05, 0) is 49.4 Å².